The maximum atomic E-state index is 10.3. The van der Waals surface area contributed by atoms with Gasteiger partial charge in [-0.15, -0.1) is 0 Å². The number of carbonyl (C=O) groups excluding carboxylic acids is 1. The van der Waals surface area contributed by atoms with Crippen molar-refractivity contribution >= 4 is 17.6 Å². The van der Waals surface area contributed by atoms with E-state index in [0.29, 0.717) is 0 Å². The summed E-state index contributed by atoms with van der Waals surface area (Å²) in [7, 11) is 0. The predicted molar refractivity (Wildman–Crippen MR) is 27.8 cm³/mol. The summed E-state index contributed by atoms with van der Waals surface area (Å²) in [6.45, 7) is -0.237. The first-order valence-corrected chi connectivity index (χ1v) is 2.69. The molecular weight excluding hydrogens is 147 g/mol. The van der Waals surface area contributed by atoms with E-state index in [0.717, 1.165) is 0 Å². The molecule has 1 aliphatic heterocycles. The Balaban J connectivity index is 2.78. The summed E-state index contributed by atoms with van der Waals surface area (Å²) in [4.78, 5) is 10.3. The van der Waals surface area contributed by atoms with Crippen molar-refractivity contribution in [3.63, 3.8) is 0 Å². The predicted octanol–water partition coefficient (Wildman–Crippen LogP) is -1.17. The molecule has 1 heterocycles. The standard InChI is InChI=1S/C4H5ClO4/c5-4(8)2(6)1-9-3(4)7/h2,6,8H,1H2. The Labute approximate surface area is 56.0 Å². The highest BCUT2D eigenvalue weighted by atomic mass is 35.5. The number of aliphatic hydroxyl groups excluding tert-OH is 1. The third-order valence-electron chi connectivity index (χ3n) is 1.10. The van der Waals surface area contributed by atoms with Gasteiger partial charge in [0.2, 0.25) is 0 Å². The SMILES string of the molecule is O=C1OCC(O)C1(O)Cl. The second-order valence-electron chi connectivity index (χ2n) is 1.79. The van der Waals surface area contributed by atoms with Crippen molar-refractivity contribution in [1.29, 1.82) is 0 Å². The van der Waals surface area contributed by atoms with Crippen LogP contribution in [0.25, 0.3) is 0 Å². The fourth-order valence-corrected chi connectivity index (χ4v) is 0.620. The number of cyclic esters (lactones) is 1. The van der Waals surface area contributed by atoms with Crippen LogP contribution in [-0.2, 0) is 9.53 Å². The van der Waals surface area contributed by atoms with E-state index in [1.807, 2.05) is 0 Å². The average Bonchev–Trinajstić information content (AvgIpc) is 1.96. The van der Waals surface area contributed by atoms with E-state index in [2.05, 4.69) is 4.74 Å². The van der Waals surface area contributed by atoms with Crippen molar-refractivity contribution in [2.24, 2.45) is 0 Å². The molecule has 0 amide bonds. The van der Waals surface area contributed by atoms with Crippen LogP contribution < -0.4 is 0 Å². The van der Waals surface area contributed by atoms with E-state index in [9.17, 15) is 4.79 Å². The summed E-state index contributed by atoms with van der Waals surface area (Å²) in [5, 5.41) is 15.2. The third kappa shape index (κ3) is 0.891. The molecule has 52 valence electrons. The topological polar surface area (TPSA) is 66.8 Å². The van der Waals surface area contributed by atoms with Crippen LogP contribution in [0.2, 0.25) is 0 Å². The maximum Gasteiger partial charge on any atom is 0.357 e. The van der Waals surface area contributed by atoms with Gasteiger partial charge in [-0.25, -0.2) is 4.79 Å². The van der Waals surface area contributed by atoms with Gasteiger partial charge in [-0.3, -0.25) is 0 Å². The largest absolute Gasteiger partial charge is 0.460 e. The molecule has 0 spiro atoms. The van der Waals surface area contributed by atoms with E-state index < -0.39 is 17.1 Å². The van der Waals surface area contributed by atoms with Crippen LogP contribution in [0.3, 0.4) is 0 Å². The average molecular weight is 153 g/mol. The molecule has 0 aliphatic carbocycles. The molecule has 0 aromatic rings. The van der Waals surface area contributed by atoms with Gasteiger partial charge in [0.1, 0.15) is 12.7 Å². The molecule has 0 aromatic carbocycles. The van der Waals surface area contributed by atoms with E-state index in [1.54, 1.807) is 0 Å². The van der Waals surface area contributed by atoms with Gasteiger partial charge in [-0.2, -0.15) is 0 Å². The van der Waals surface area contributed by atoms with Gasteiger partial charge in [-0.1, -0.05) is 11.6 Å². The molecule has 1 rings (SSSR count). The summed E-state index contributed by atoms with van der Waals surface area (Å²) in [5.74, 6) is -0.989. The first-order valence-electron chi connectivity index (χ1n) is 2.31. The quantitative estimate of drug-likeness (QED) is 0.339. The Morgan fingerprint density at radius 1 is 1.89 bits per heavy atom. The van der Waals surface area contributed by atoms with Crippen LogP contribution in [0.1, 0.15) is 0 Å². The molecule has 4 nitrogen and oxygen atoms in total. The summed E-state index contributed by atoms with van der Waals surface area (Å²) >= 11 is 5.10. The van der Waals surface area contributed by atoms with Crippen LogP contribution in [-0.4, -0.2) is 34.0 Å². The highest BCUT2D eigenvalue weighted by Gasteiger charge is 2.49. The summed E-state index contributed by atoms with van der Waals surface area (Å²) in [5.41, 5.74) is 0. The number of hydrogen-bond acceptors (Lipinski definition) is 4. The van der Waals surface area contributed by atoms with E-state index in [4.69, 9.17) is 21.8 Å². The number of esters is 1. The van der Waals surface area contributed by atoms with Crippen LogP contribution in [0.15, 0.2) is 0 Å². The normalized spacial score (nSPS) is 43.0. The Morgan fingerprint density at radius 3 is 2.56 bits per heavy atom. The van der Waals surface area contributed by atoms with Gasteiger partial charge in [0.05, 0.1) is 0 Å². The van der Waals surface area contributed by atoms with Crippen molar-refractivity contribution in [3.05, 3.63) is 0 Å². The molecule has 2 atom stereocenters. The molecule has 0 radical (unpaired) electrons. The van der Waals surface area contributed by atoms with Crippen molar-refractivity contribution in [2.75, 3.05) is 6.61 Å². The van der Waals surface area contributed by atoms with E-state index >= 15 is 0 Å². The lowest BCUT2D eigenvalue weighted by atomic mass is 10.2. The number of ether oxygens (including phenoxy) is 1. The van der Waals surface area contributed by atoms with Gasteiger partial charge in [0.15, 0.2) is 0 Å². The molecule has 2 N–H and O–H groups in total. The lowest BCUT2D eigenvalue weighted by Crippen LogP contribution is -2.38. The summed E-state index contributed by atoms with van der Waals surface area (Å²) < 4.78 is 4.21. The first-order chi connectivity index (χ1) is 4.05. The van der Waals surface area contributed by atoms with E-state index in [1.165, 1.54) is 0 Å². The van der Waals surface area contributed by atoms with Crippen molar-refractivity contribution < 1.29 is 19.7 Å². The second kappa shape index (κ2) is 1.83. The van der Waals surface area contributed by atoms with E-state index in [-0.39, 0.29) is 6.61 Å². The maximum absolute atomic E-state index is 10.3. The van der Waals surface area contributed by atoms with Gasteiger partial charge in [0.25, 0.3) is 5.06 Å². The Hall–Kier alpha value is -0.320. The zero-order valence-electron chi connectivity index (χ0n) is 4.37. The van der Waals surface area contributed by atoms with Gasteiger partial charge in [-0.05, 0) is 0 Å². The molecule has 0 saturated carbocycles. The van der Waals surface area contributed by atoms with Crippen LogP contribution >= 0.6 is 11.6 Å². The first kappa shape index (κ1) is 6.80. The molecule has 2 unspecified atom stereocenters. The number of hydrogen-bond donors (Lipinski definition) is 2. The minimum Gasteiger partial charge on any atom is -0.460 e. The number of rotatable bonds is 0. The van der Waals surface area contributed by atoms with Crippen molar-refractivity contribution in [2.45, 2.75) is 11.2 Å². The number of halogens is 1. The number of carbonyl (C=O) groups is 1. The lowest BCUT2D eigenvalue weighted by Gasteiger charge is -2.10. The monoisotopic (exact) mass is 152 g/mol. The molecule has 1 saturated heterocycles. The Kier molecular flexibility index (Phi) is 1.38. The molecular formula is C4H5ClO4. The van der Waals surface area contributed by atoms with Crippen molar-refractivity contribution in [3.8, 4) is 0 Å². The van der Waals surface area contributed by atoms with Gasteiger partial charge < -0.3 is 14.9 Å². The molecule has 5 heteroatoms. The second-order valence-corrected chi connectivity index (χ2v) is 2.36. The molecule has 9 heavy (non-hydrogen) atoms. The molecule has 1 aliphatic rings. The Morgan fingerprint density at radius 2 is 2.44 bits per heavy atom. The lowest BCUT2D eigenvalue weighted by molar-refractivity contribution is -0.148. The molecule has 1 fully saturated rings. The third-order valence-corrected chi connectivity index (χ3v) is 1.51. The molecule has 0 bridgehead atoms. The highest BCUT2D eigenvalue weighted by molar-refractivity contribution is 6.33. The number of aliphatic hydroxyl groups is 2. The van der Waals surface area contributed by atoms with Gasteiger partial charge >= 0.3 is 5.97 Å². The minimum absolute atomic E-state index is 0.237. The zero-order chi connectivity index (χ0) is 7.07. The summed E-state index contributed by atoms with van der Waals surface area (Å²) in [6.07, 6.45) is -1.31. The Bertz CT molecular complexity index is 144. The smallest absolute Gasteiger partial charge is 0.357 e. The zero-order valence-corrected chi connectivity index (χ0v) is 5.13. The van der Waals surface area contributed by atoms with Crippen LogP contribution in [0.5, 0.6) is 0 Å². The van der Waals surface area contributed by atoms with Gasteiger partial charge in [0, 0.05) is 0 Å². The highest BCUT2D eigenvalue weighted by Crippen LogP contribution is 2.24. The van der Waals surface area contributed by atoms with Crippen molar-refractivity contribution in [1.82, 2.24) is 0 Å². The summed E-state index contributed by atoms with van der Waals surface area (Å²) in [6, 6.07) is 0. The molecule has 0 aromatic heterocycles. The van der Waals surface area contributed by atoms with Crippen LogP contribution in [0, 0.1) is 0 Å². The number of alkyl halides is 1. The van der Waals surface area contributed by atoms with Crippen LogP contribution in [0.4, 0.5) is 0 Å². The fraction of sp³-hybridized carbons (Fsp3) is 0.750. The minimum atomic E-state index is -2.22. The fourth-order valence-electron chi connectivity index (χ4n) is 0.502.